The van der Waals surface area contributed by atoms with E-state index in [2.05, 4.69) is 48.5 Å². The second kappa shape index (κ2) is 9.92. The van der Waals surface area contributed by atoms with E-state index in [1.54, 1.807) is 7.05 Å². The molecule has 8 heteroatoms. The molecule has 6 nitrogen and oxygen atoms in total. The summed E-state index contributed by atoms with van der Waals surface area (Å²) in [5.41, 5.74) is 0. The van der Waals surface area contributed by atoms with Crippen LogP contribution in [0.1, 0.15) is 26.7 Å². The van der Waals surface area contributed by atoms with Gasteiger partial charge in [-0.25, -0.2) is 8.42 Å². The molecule has 0 saturated carbocycles. The Morgan fingerprint density at radius 1 is 1.36 bits per heavy atom. The largest absolute Gasteiger partial charge is 0.355 e. The molecule has 1 rings (SSSR count). The number of aliphatic imine (C=N–C) groups is 1. The number of nitrogens with zero attached hydrogens (tertiary/aromatic N) is 2. The molecular weight excluding hydrogens is 415 g/mol. The topological polar surface area (TPSA) is 73.8 Å². The molecule has 2 unspecified atom stereocenters. The van der Waals surface area contributed by atoms with Crippen LogP contribution in [0.2, 0.25) is 0 Å². The highest BCUT2D eigenvalue weighted by molar-refractivity contribution is 14.0. The van der Waals surface area contributed by atoms with Crippen molar-refractivity contribution in [3.8, 4) is 0 Å². The molecule has 1 heterocycles. The van der Waals surface area contributed by atoms with E-state index in [0.29, 0.717) is 24.3 Å². The van der Waals surface area contributed by atoms with Crippen LogP contribution in [0.25, 0.3) is 0 Å². The fraction of sp³-hybridized carbons (Fsp3) is 0.929. The Kier molecular flexibility index (Phi) is 9.88. The van der Waals surface area contributed by atoms with Gasteiger partial charge in [0.05, 0.1) is 11.5 Å². The van der Waals surface area contributed by atoms with Gasteiger partial charge in [0.1, 0.15) is 0 Å². The van der Waals surface area contributed by atoms with Gasteiger partial charge < -0.3 is 15.5 Å². The van der Waals surface area contributed by atoms with E-state index < -0.39 is 9.84 Å². The summed E-state index contributed by atoms with van der Waals surface area (Å²) in [6.07, 6.45) is 1.76. The molecule has 2 N–H and O–H groups in total. The van der Waals surface area contributed by atoms with E-state index in [4.69, 9.17) is 0 Å². The fourth-order valence-corrected chi connectivity index (χ4v) is 4.21. The van der Waals surface area contributed by atoms with Crippen molar-refractivity contribution in [2.75, 3.05) is 39.2 Å². The zero-order chi connectivity index (χ0) is 16.0. The maximum atomic E-state index is 11.5. The molecule has 0 amide bonds. The predicted octanol–water partition coefficient (Wildman–Crippen LogP) is 0.933. The normalized spacial score (nSPS) is 22.5. The van der Waals surface area contributed by atoms with Gasteiger partial charge in [-0.3, -0.25) is 4.99 Å². The first-order valence-electron chi connectivity index (χ1n) is 7.57. The van der Waals surface area contributed by atoms with E-state index in [0.717, 1.165) is 13.0 Å². The van der Waals surface area contributed by atoms with Crippen LogP contribution in [0, 0.1) is 5.92 Å². The minimum absolute atomic E-state index is 0. The van der Waals surface area contributed by atoms with Gasteiger partial charge in [0.15, 0.2) is 15.8 Å². The summed E-state index contributed by atoms with van der Waals surface area (Å²) in [4.78, 5) is 6.40. The molecule has 2 atom stereocenters. The lowest BCUT2D eigenvalue weighted by molar-refractivity contribution is 0.254. The second-order valence-corrected chi connectivity index (χ2v) is 8.67. The van der Waals surface area contributed by atoms with Crippen LogP contribution < -0.4 is 10.6 Å². The average Bonchev–Trinajstić information content (AvgIpc) is 2.71. The lowest BCUT2D eigenvalue weighted by Gasteiger charge is -2.27. The Labute approximate surface area is 152 Å². The molecule has 22 heavy (non-hydrogen) atoms. The first-order chi connectivity index (χ1) is 9.73. The first kappa shape index (κ1) is 21.9. The van der Waals surface area contributed by atoms with E-state index in [-0.39, 0.29) is 41.5 Å². The number of hydrogen-bond acceptors (Lipinski definition) is 4. The molecule has 1 aliphatic rings. The minimum Gasteiger partial charge on any atom is -0.355 e. The van der Waals surface area contributed by atoms with Crippen LogP contribution in [0.5, 0.6) is 0 Å². The Hall–Kier alpha value is -0.0900. The third kappa shape index (κ3) is 7.96. The molecule has 0 aromatic heterocycles. The molecule has 1 aliphatic heterocycles. The molecule has 1 saturated heterocycles. The molecular formula is C14H31IN4O2S. The second-order valence-electron chi connectivity index (χ2n) is 6.44. The van der Waals surface area contributed by atoms with Crippen molar-refractivity contribution in [2.45, 2.75) is 38.8 Å². The summed E-state index contributed by atoms with van der Waals surface area (Å²) in [7, 11) is 3.01. The standard InChI is InChI=1S/C14H30N4O2S.HI/c1-11(2)8-13(18(4)5)9-16-14(15-3)17-12-6-7-21(19,20)10-12;/h11-13H,6-10H2,1-5H3,(H2,15,16,17);1H. The maximum Gasteiger partial charge on any atom is 0.191 e. The minimum atomic E-state index is -2.86. The summed E-state index contributed by atoms with van der Waals surface area (Å²) < 4.78 is 23.0. The van der Waals surface area contributed by atoms with Crippen molar-refractivity contribution in [2.24, 2.45) is 10.9 Å². The van der Waals surface area contributed by atoms with Crippen molar-refractivity contribution in [3.05, 3.63) is 0 Å². The quantitative estimate of drug-likeness (QED) is 0.361. The monoisotopic (exact) mass is 446 g/mol. The molecule has 1 fully saturated rings. The van der Waals surface area contributed by atoms with Crippen LogP contribution in [0.4, 0.5) is 0 Å². The summed E-state index contributed by atoms with van der Waals surface area (Å²) in [6, 6.07) is 0.403. The molecule has 0 aromatic rings. The van der Waals surface area contributed by atoms with Gasteiger partial charge in [0.25, 0.3) is 0 Å². The zero-order valence-electron chi connectivity index (χ0n) is 14.3. The van der Waals surface area contributed by atoms with Gasteiger partial charge in [-0.1, -0.05) is 13.8 Å². The van der Waals surface area contributed by atoms with Crippen LogP contribution in [0.3, 0.4) is 0 Å². The lowest BCUT2D eigenvalue weighted by Crippen LogP contribution is -2.48. The number of rotatable bonds is 6. The molecule has 0 bridgehead atoms. The number of guanidine groups is 1. The number of likely N-dealkylation sites (N-methyl/N-ethyl adjacent to an activating group) is 1. The van der Waals surface area contributed by atoms with Crippen LogP contribution in [-0.4, -0.2) is 70.6 Å². The van der Waals surface area contributed by atoms with Crippen molar-refractivity contribution in [1.82, 2.24) is 15.5 Å². The third-order valence-corrected chi connectivity index (χ3v) is 5.54. The van der Waals surface area contributed by atoms with Crippen molar-refractivity contribution < 1.29 is 8.42 Å². The fourth-order valence-electron chi connectivity index (χ4n) is 2.53. The summed E-state index contributed by atoms with van der Waals surface area (Å²) in [5.74, 6) is 1.80. The van der Waals surface area contributed by atoms with E-state index in [1.165, 1.54) is 0 Å². The highest BCUT2D eigenvalue weighted by Crippen LogP contribution is 2.11. The van der Waals surface area contributed by atoms with Crippen molar-refractivity contribution in [1.29, 1.82) is 0 Å². The zero-order valence-corrected chi connectivity index (χ0v) is 17.4. The number of nitrogens with one attached hydrogen (secondary N) is 2. The van der Waals surface area contributed by atoms with E-state index in [1.807, 2.05) is 0 Å². The van der Waals surface area contributed by atoms with Crippen LogP contribution >= 0.6 is 24.0 Å². The smallest absolute Gasteiger partial charge is 0.191 e. The maximum absolute atomic E-state index is 11.5. The SMILES string of the molecule is CN=C(NCC(CC(C)C)N(C)C)NC1CCS(=O)(=O)C1.I. The molecule has 0 aliphatic carbocycles. The van der Waals surface area contributed by atoms with E-state index in [9.17, 15) is 8.42 Å². The van der Waals surface area contributed by atoms with Gasteiger partial charge in [-0.15, -0.1) is 24.0 Å². The highest BCUT2D eigenvalue weighted by Gasteiger charge is 2.28. The van der Waals surface area contributed by atoms with Crippen LogP contribution in [-0.2, 0) is 9.84 Å². The van der Waals surface area contributed by atoms with Crippen molar-refractivity contribution in [3.63, 3.8) is 0 Å². The number of halogens is 1. The summed E-state index contributed by atoms with van der Waals surface area (Å²) in [5, 5.41) is 6.52. The van der Waals surface area contributed by atoms with Gasteiger partial charge in [-0.2, -0.15) is 0 Å². The van der Waals surface area contributed by atoms with Gasteiger partial charge in [0, 0.05) is 25.7 Å². The third-order valence-electron chi connectivity index (χ3n) is 3.78. The number of sulfone groups is 1. The Balaban J connectivity index is 0.00000441. The predicted molar refractivity (Wildman–Crippen MR) is 104 cm³/mol. The lowest BCUT2D eigenvalue weighted by atomic mass is 10.0. The molecule has 0 radical (unpaired) electrons. The molecule has 0 aromatic carbocycles. The van der Waals surface area contributed by atoms with Gasteiger partial charge in [-0.05, 0) is 32.9 Å². The Morgan fingerprint density at radius 3 is 2.41 bits per heavy atom. The summed E-state index contributed by atoms with van der Waals surface area (Å²) >= 11 is 0. The van der Waals surface area contributed by atoms with Crippen LogP contribution in [0.15, 0.2) is 4.99 Å². The van der Waals surface area contributed by atoms with E-state index >= 15 is 0 Å². The molecule has 0 spiro atoms. The van der Waals surface area contributed by atoms with Gasteiger partial charge >= 0.3 is 0 Å². The highest BCUT2D eigenvalue weighted by atomic mass is 127. The van der Waals surface area contributed by atoms with Crippen molar-refractivity contribution >= 4 is 39.8 Å². The Bertz CT molecular complexity index is 452. The number of hydrogen-bond donors (Lipinski definition) is 2. The Morgan fingerprint density at radius 2 is 2.00 bits per heavy atom. The summed E-state index contributed by atoms with van der Waals surface area (Å²) in [6.45, 7) is 5.23. The first-order valence-corrected chi connectivity index (χ1v) is 9.39. The molecule has 132 valence electrons. The van der Waals surface area contributed by atoms with Gasteiger partial charge in [0.2, 0.25) is 0 Å². The average molecular weight is 446 g/mol.